The third-order valence-corrected chi connectivity index (χ3v) is 3.98. The van der Waals surface area contributed by atoms with Gasteiger partial charge in [-0.2, -0.15) is 0 Å². The van der Waals surface area contributed by atoms with Gasteiger partial charge < -0.3 is 15.4 Å². The molecule has 1 unspecified atom stereocenters. The van der Waals surface area contributed by atoms with E-state index in [0.717, 1.165) is 50.5 Å². The average Bonchev–Trinajstić information content (AvgIpc) is 2.49. The zero-order chi connectivity index (χ0) is 15.9. The van der Waals surface area contributed by atoms with E-state index < -0.39 is 0 Å². The lowest BCUT2D eigenvalue weighted by atomic mass is 10.1. The Labute approximate surface area is 134 Å². The molecule has 124 valence electrons. The van der Waals surface area contributed by atoms with Crippen LogP contribution in [0.4, 0.5) is 5.69 Å². The summed E-state index contributed by atoms with van der Waals surface area (Å²) < 4.78 is 5.62. The number of nitrogen functional groups attached to an aromatic ring is 1. The third-order valence-electron chi connectivity index (χ3n) is 3.98. The van der Waals surface area contributed by atoms with Crippen LogP contribution in [0.5, 0.6) is 5.75 Å². The number of nitrogens with two attached hydrogens (primary N) is 1. The van der Waals surface area contributed by atoms with Crippen molar-refractivity contribution >= 4 is 5.69 Å². The highest BCUT2D eigenvalue weighted by Gasteiger charge is 2.15. The quantitative estimate of drug-likeness (QED) is 0.752. The van der Waals surface area contributed by atoms with Gasteiger partial charge in [-0.3, -0.25) is 5.43 Å². The van der Waals surface area contributed by atoms with Crippen molar-refractivity contribution in [3.05, 3.63) is 23.8 Å². The van der Waals surface area contributed by atoms with Crippen LogP contribution in [0.15, 0.2) is 18.2 Å². The van der Waals surface area contributed by atoms with E-state index in [9.17, 15) is 0 Å². The van der Waals surface area contributed by atoms with Crippen molar-refractivity contribution in [3.63, 3.8) is 0 Å². The van der Waals surface area contributed by atoms with Crippen LogP contribution in [0.3, 0.4) is 0 Å². The Kier molecular flexibility index (Phi) is 6.49. The van der Waals surface area contributed by atoms with E-state index in [0.29, 0.717) is 12.6 Å². The summed E-state index contributed by atoms with van der Waals surface area (Å²) in [6, 6.07) is 6.53. The largest absolute Gasteiger partial charge is 0.491 e. The summed E-state index contributed by atoms with van der Waals surface area (Å²) in [5.74, 6) is 0.797. The summed E-state index contributed by atoms with van der Waals surface area (Å²) in [6.07, 6.45) is 1.96. The molecule has 1 aliphatic heterocycles. The summed E-state index contributed by atoms with van der Waals surface area (Å²) in [5.41, 5.74) is 11.6. The molecule has 1 aromatic rings. The van der Waals surface area contributed by atoms with Crippen molar-refractivity contribution in [1.29, 1.82) is 0 Å². The van der Waals surface area contributed by atoms with Gasteiger partial charge in [-0.25, -0.2) is 5.01 Å². The first-order valence-corrected chi connectivity index (χ1v) is 8.29. The van der Waals surface area contributed by atoms with Crippen molar-refractivity contribution in [1.82, 2.24) is 15.3 Å². The van der Waals surface area contributed by atoms with E-state index in [1.165, 1.54) is 5.56 Å². The number of benzene rings is 1. The van der Waals surface area contributed by atoms with Crippen molar-refractivity contribution in [2.24, 2.45) is 0 Å². The maximum atomic E-state index is 6.08. The lowest BCUT2D eigenvalue weighted by Gasteiger charge is -2.34. The fourth-order valence-corrected chi connectivity index (χ4v) is 2.71. The maximum absolute atomic E-state index is 6.08. The summed E-state index contributed by atoms with van der Waals surface area (Å²) in [7, 11) is 2.17. The normalized spacial score (nSPS) is 18.3. The molecule has 5 nitrogen and oxygen atoms in total. The molecule has 0 spiro atoms. The van der Waals surface area contributed by atoms with Crippen molar-refractivity contribution < 1.29 is 4.74 Å². The highest BCUT2D eigenvalue weighted by Crippen LogP contribution is 2.23. The van der Waals surface area contributed by atoms with Gasteiger partial charge in [0.2, 0.25) is 0 Å². The van der Waals surface area contributed by atoms with Crippen molar-refractivity contribution in [3.8, 4) is 5.75 Å². The van der Waals surface area contributed by atoms with Gasteiger partial charge in [0, 0.05) is 32.2 Å². The Hall–Kier alpha value is -1.30. The molecule has 0 aromatic heterocycles. The highest BCUT2D eigenvalue weighted by atomic mass is 16.5. The van der Waals surface area contributed by atoms with Gasteiger partial charge in [0.05, 0.1) is 12.3 Å². The molecule has 1 saturated heterocycles. The van der Waals surface area contributed by atoms with E-state index in [4.69, 9.17) is 10.5 Å². The van der Waals surface area contributed by atoms with Crippen molar-refractivity contribution in [2.75, 3.05) is 45.6 Å². The Bertz CT molecular complexity index is 458. The molecule has 0 amide bonds. The second-order valence-electron chi connectivity index (χ2n) is 6.25. The van der Waals surface area contributed by atoms with Gasteiger partial charge in [0.25, 0.3) is 0 Å². The number of hydrogen-bond donors (Lipinski definition) is 2. The zero-order valence-electron chi connectivity index (χ0n) is 14.1. The molecule has 0 aliphatic carbocycles. The molecule has 1 heterocycles. The van der Waals surface area contributed by atoms with Crippen LogP contribution in [0.2, 0.25) is 0 Å². The van der Waals surface area contributed by atoms with Crippen LogP contribution in [-0.2, 0) is 6.42 Å². The van der Waals surface area contributed by atoms with Gasteiger partial charge >= 0.3 is 0 Å². The lowest BCUT2D eigenvalue weighted by Crippen LogP contribution is -2.53. The first-order valence-electron chi connectivity index (χ1n) is 8.29. The fourth-order valence-electron chi connectivity index (χ4n) is 2.71. The van der Waals surface area contributed by atoms with Gasteiger partial charge in [-0.1, -0.05) is 13.0 Å². The second-order valence-corrected chi connectivity index (χ2v) is 6.25. The molecule has 1 aliphatic rings. The van der Waals surface area contributed by atoms with Gasteiger partial charge in [-0.05, 0) is 44.5 Å². The Balaban J connectivity index is 1.83. The number of hydrazine groups is 1. The summed E-state index contributed by atoms with van der Waals surface area (Å²) in [4.78, 5) is 2.36. The number of rotatable bonds is 7. The predicted octanol–water partition coefficient (Wildman–Crippen LogP) is 1.74. The van der Waals surface area contributed by atoms with Gasteiger partial charge in [-0.15, -0.1) is 0 Å². The molecule has 1 atom stereocenters. The van der Waals surface area contributed by atoms with Gasteiger partial charge in [0.15, 0.2) is 0 Å². The minimum Gasteiger partial charge on any atom is -0.491 e. The molecule has 0 radical (unpaired) electrons. The molecule has 1 aromatic carbocycles. The number of anilines is 1. The van der Waals surface area contributed by atoms with Crippen LogP contribution in [0, 0.1) is 0 Å². The first-order chi connectivity index (χ1) is 10.6. The molecule has 22 heavy (non-hydrogen) atoms. The Morgan fingerprint density at radius 2 is 2.00 bits per heavy atom. The van der Waals surface area contributed by atoms with Crippen LogP contribution in [0.25, 0.3) is 0 Å². The minimum atomic E-state index is 0.394. The smallest absolute Gasteiger partial charge is 0.142 e. The molecule has 0 bridgehead atoms. The monoisotopic (exact) mass is 306 g/mol. The second kappa shape index (κ2) is 8.36. The number of ether oxygens (including phenoxy) is 1. The molecular formula is C17H30N4O. The molecule has 2 rings (SSSR count). The van der Waals surface area contributed by atoms with E-state index in [1.807, 2.05) is 12.1 Å². The van der Waals surface area contributed by atoms with E-state index in [1.54, 1.807) is 0 Å². The van der Waals surface area contributed by atoms with Crippen LogP contribution in [0.1, 0.15) is 25.8 Å². The average molecular weight is 306 g/mol. The Morgan fingerprint density at radius 1 is 1.27 bits per heavy atom. The van der Waals surface area contributed by atoms with Crippen LogP contribution in [-0.4, -0.2) is 55.8 Å². The maximum Gasteiger partial charge on any atom is 0.142 e. The third kappa shape index (κ3) is 5.16. The number of nitrogens with one attached hydrogen (secondary N) is 1. The molecule has 1 fully saturated rings. The Morgan fingerprint density at radius 3 is 2.64 bits per heavy atom. The molecule has 5 heteroatoms. The van der Waals surface area contributed by atoms with Crippen LogP contribution >= 0.6 is 0 Å². The topological polar surface area (TPSA) is 53.8 Å². The zero-order valence-corrected chi connectivity index (χ0v) is 14.1. The van der Waals surface area contributed by atoms with E-state index in [-0.39, 0.29) is 0 Å². The standard InChI is InChI=1S/C17H30N4O/c1-4-11-22-17-6-5-15(13-16(17)18)12-14(2)19-21-9-7-20(3)8-10-21/h5-6,13-14,19H,4,7-12,18H2,1-3H3. The fraction of sp³-hybridized carbons (Fsp3) is 0.647. The molecule has 3 N–H and O–H groups in total. The van der Waals surface area contributed by atoms with Crippen molar-refractivity contribution in [2.45, 2.75) is 32.7 Å². The minimum absolute atomic E-state index is 0.394. The molecule has 0 saturated carbocycles. The summed E-state index contributed by atoms with van der Waals surface area (Å²) >= 11 is 0. The summed E-state index contributed by atoms with van der Waals surface area (Å²) in [5, 5.41) is 2.33. The number of piperazine rings is 1. The highest BCUT2D eigenvalue weighted by molar-refractivity contribution is 5.54. The van der Waals surface area contributed by atoms with Gasteiger partial charge in [0.1, 0.15) is 5.75 Å². The SMILES string of the molecule is CCCOc1ccc(CC(C)NN2CCN(C)CC2)cc1N. The number of hydrogen-bond acceptors (Lipinski definition) is 5. The number of likely N-dealkylation sites (N-methyl/N-ethyl adjacent to an activating group) is 1. The predicted molar refractivity (Wildman–Crippen MR) is 92.0 cm³/mol. The number of nitrogens with zero attached hydrogens (tertiary/aromatic N) is 2. The molecular weight excluding hydrogens is 276 g/mol. The van der Waals surface area contributed by atoms with Crippen LogP contribution < -0.4 is 15.9 Å². The lowest BCUT2D eigenvalue weighted by molar-refractivity contribution is 0.0899. The summed E-state index contributed by atoms with van der Waals surface area (Å²) in [6.45, 7) is 9.42. The first kappa shape index (κ1) is 17.1. The van der Waals surface area contributed by atoms with E-state index >= 15 is 0 Å². The van der Waals surface area contributed by atoms with E-state index in [2.05, 4.69) is 42.3 Å².